The van der Waals surface area contributed by atoms with Gasteiger partial charge in [0.05, 0.1) is 0 Å². The molecule has 3 N–H and O–H groups in total. The molecule has 1 aliphatic rings. The van der Waals surface area contributed by atoms with Crippen LogP contribution in [0.4, 0.5) is 0 Å². The van der Waals surface area contributed by atoms with Crippen LogP contribution in [0, 0.1) is 0 Å². The predicted molar refractivity (Wildman–Crippen MR) is 80.6 cm³/mol. The van der Waals surface area contributed by atoms with E-state index >= 15 is 0 Å². The summed E-state index contributed by atoms with van der Waals surface area (Å²) in [6.45, 7) is 0. The number of imide groups is 1. The third-order valence-electron chi connectivity index (χ3n) is 3.39. The Kier molecular flexibility index (Phi) is 4.32. The molecule has 1 aromatic carbocycles. The summed E-state index contributed by atoms with van der Waals surface area (Å²) in [7, 11) is 1.42. The van der Waals surface area contributed by atoms with Crippen molar-refractivity contribution >= 4 is 34.9 Å². The molecule has 0 spiro atoms. The number of rotatable bonds is 3. The number of carbonyl (C=O) groups is 3. The van der Waals surface area contributed by atoms with E-state index in [-0.39, 0.29) is 29.1 Å². The van der Waals surface area contributed by atoms with Gasteiger partial charge in [-0.25, -0.2) is 0 Å². The van der Waals surface area contributed by atoms with Crippen molar-refractivity contribution in [2.75, 3.05) is 7.05 Å². The van der Waals surface area contributed by atoms with Crippen LogP contribution in [0.15, 0.2) is 24.3 Å². The summed E-state index contributed by atoms with van der Waals surface area (Å²) >= 11 is 4.84. The fourth-order valence-corrected chi connectivity index (χ4v) is 2.21. The first-order valence-electron chi connectivity index (χ1n) is 6.41. The van der Waals surface area contributed by atoms with E-state index in [1.807, 2.05) is 0 Å². The average Bonchev–Trinajstić information content (AvgIpc) is 2.48. The van der Waals surface area contributed by atoms with Crippen LogP contribution >= 0.6 is 12.2 Å². The molecule has 7 heteroatoms. The maximum Gasteiger partial charge on any atom is 0.251 e. The maximum atomic E-state index is 12.1. The van der Waals surface area contributed by atoms with Gasteiger partial charge in [0.15, 0.2) is 0 Å². The van der Waals surface area contributed by atoms with E-state index < -0.39 is 6.04 Å². The van der Waals surface area contributed by atoms with Crippen molar-refractivity contribution in [3.05, 3.63) is 35.4 Å². The Morgan fingerprint density at radius 1 is 1.29 bits per heavy atom. The van der Waals surface area contributed by atoms with Crippen molar-refractivity contribution < 1.29 is 14.4 Å². The number of likely N-dealkylation sites (N-methyl/N-ethyl adjacent to an activating group) is 1. The zero-order valence-electron chi connectivity index (χ0n) is 11.5. The van der Waals surface area contributed by atoms with E-state index in [4.69, 9.17) is 18.0 Å². The predicted octanol–water partition coefficient (Wildman–Crippen LogP) is 0.198. The molecule has 1 heterocycles. The summed E-state index contributed by atoms with van der Waals surface area (Å²) in [5.74, 6) is -0.990. The van der Waals surface area contributed by atoms with Crippen LogP contribution in [0.1, 0.15) is 28.8 Å². The molecule has 0 radical (unpaired) electrons. The van der Waals surface area contributed by atoms with Crippen molar-refractivity contribution in [1.29, 1.82) is 0 Å². The normalized spacial score (nSPS) is 18.5. The molecule has 21 heavy (non-hydrogen) atoms. The van der Waals surface area contributed by atoms with Crippen molar-refractivity contribution in [2.24, 2.45) is 5.73 Å². The fourth-order valence-electron chi connectivity index (χ4n) is 2.08. The van der Waals surface area contributed by atoms with Crippen molar-refractivity contribution in [1.82, 2.24) is 10.2 Å². The minimum absolute atomic E-state index is 0.230. The third kappa shape index (κ3) is 3.25. The van der Waals surface area contributed by atoms with Gasteiger partial charge in [-0.2, -0.15) is 0 Å². The molecule has 0 saturated carbocycles. The topological polar surface area (TPSA) is 92.5 Å². The first kappa shape index (κ1) is 15.1. The van der Waals surface area contributed by atoms with Gasteiger partial charge in [-0.15, -0.1) is 0 Å². The van der Waals surface area contributed by atoms with Crippen molar-refractivity contribution in [3.63, 3.8) is 0 Å². The highest BCUT2D eigenvalue weighted by Gasteiger charge is 2.32. The van der Waals surface area contributed by atoms with E-state index in [0.29, 0.717) is 17.5 Å². The van der Waals surface area contributed by atoms with Gasteiger partial charge < -0.3 is 11.1 Å². The molecule has 1 unspecified atom stereocenters. The first-order valence-corrected chi connectivity index (χ1v) is 6.82. The Morgan fingerprint density at radius 3 is 2.43 bits per heavy atom. The van der Waals surface area contributed by atoms with Gasteiger partial charge in [-0.1, -0.05) is 24.4 Å². The number of nitrogens with two attached hydrogens (primary N) is 1. The first-order chi connectivity index (χ1) is 9.90. The SMILES string of the molecule is CN1C(=O)CCC(NC(=O)c2ccc(C(N)=S)cc2)C1=O. The summed E-state index contributed by atoms with van der Waals surface area (Å²) in [5.41, 5.74) is 6.56. The van der Waals surface area contributed by atoms with Gasteiger partial charge in [0.2, 0.25) is 5.91 Å². The number of likely N-dealkylation sites (tertiary alicyclic amines) is 1. The number of piperidine rings is 1. The second-order valence-corrected chi connectivity index (χ2v) is 5.24. The van der Waals surface area contributed by atoms with E-state index in [1.165, 1.54) is 7.05 Å². The smallest absolute Gasteiger partial charge is 0.251 e. The summed E-state index contributed by atoms with van der Waals surface area (Å²) in [6.07, 6.45) is 0.562. The van der Waals surface area contributed by atoms with Crippen LogP contribution < -0.4 is 11.1 Å². The molecule has 3 amide bonds. The lowest BCUT2D eigenvalue weighted by Gasteiger charge is -2.28. The quantitative estimate of drug-likeness (QED) is 0.615. The zero-order valence-corrected chi connectivity index (χ0v) is 12.3. The highest BCUT2D eigenvalue weighted by molar-refractivity contribution is 7.80. The van der Waals surface area contributed by atoms with Crippen LogP contribution in [0.2, 0.25) is 0 Å². The molecule has 1 saturated heterocycles. The van der Waals surface area contributed by atoms with E-state index in [9.17, 15) is 14.4 Å². The lowest BCUT2D eigenvalue weighted by Crippen LogP contribution is -2.52. The van der Waals surface area contributed by atoms with Crippen molar-refractivity contribution in [3.8, 4) is 0 Å². The number of amides is 3. The molecule has 1 atom stereocenters. The molecule has 2 rings (SSSR count). The molecular formula is C14H15N3O3S. The van der Waals surface area contributed by atoms with Crippen LogP contribution in [0.25, 0.3) is 0 Å². The molecule has 1 aromatic rings. The van der Waals surface area contributed by atoms with E-state index in [2.05, 4.69) is 5.32 Å². The van der Waals surface area contributed by atoms with Crippen LogP contribution in [-0.4, -0.2) is 40.7 Å². The molecule has 0 aromatic heterocycles. The summed E-state index contributed by atoms with van der Waals surface area (Å²) in [4.78, 5) is 36.7. The summed E-state index contributed by atoms with van der Waals surface area (Å²) < 4.78 is 0. The molecule has 110 valence electrons. The molecular weight excluding hydrogens is 290 g/mol. The lowest BCUT2D eigenvalue weighted by atomic mass is 10.0. The van der Waals surface area contributed by atoms with Gasteiger partial charge in [-0.05, 0) is 18.6 Å². The largest absolute Gasteiger partial charge is 0.389 e. The Hall–Kier alpha value is -2.28. The number of benzene rings is 1. The molecule has 0 bridgehead atoms. The van der Waals surface area contributed by atoms with E-state index in [1.54, 1.807) is 24.3 Å². The van der Waals surface area contributed by atoms with Gasteiger partial charge in [-0.3, -0.25) is 19.3 Å². The minimum atomic E-state index is -0.671. The number of nitrogens with zero attached hydrogens (tertiary/aromatic N) is 1. The van der Waals surface area contributed by atoms with Gasteiger partial charge in [0.1, 0.15) is 11.0 Å². The van der Waals surface area contributed by atoms with Crippen molar-refractivity contribution in [2.45, 2.75) is 18.9 Å². The molecule has 0 aliphatic carbocycles. The number of hydrogen-bond donors (Lipinski definition) is 2. The third-order valence-corrected chi connectivity index (χ3v) is 3.62. The van der Waals surface area contributed by atoms with E-state index in [0.717, 1.165) is 4.90 Å². The Bertz CT molecular complexity index is 612. The van der Waals surface area contributed by atoms with Crippen LogP contribution in [-0.2, 0) is 9.59 Å². The highest BCUT2D eigenvalue weighted by Crippen LogP contribution is 2.12. The van der Waals surface area contributed by atoms with Crippen LogP contribution in [0.3, 0.4) is 0 Å². The standard InChI is InChI=1S/C14H15N3O3S/c1-17-11(18)7-6-10(14(17)20)16-13(19)9-4-2-8(3-5-9)12(15)21/h2-5,10H,6-7H2,1H3,(H2,15,21)(H,16,19). The number of hydrogen-bond acceptors (Lipinski definition) is 4. The second-order valence-electron chi connectivity index (χ2n) is 4.80. The van der Waals surface area contributed by atoms with Gasteiger partial charge in [0, 0.05) is 24.6 Å². The Balaban J connectivity index is 2.06. The van der Waals surface area contributed by atoms with Gasteiger partial charge in [0.25, 0.3) is 11.8 Å². The second kappa shape index (κ2) is 6.01. The number of thiocarbonyl (C=S) groups is 1. The van der Waals surface area contributed by atoms with Gasteiger partial charge >= 0.3 is 0 Å². The monoisotopic (exact) mass is 305 g/mol. The lowest BCUT2D eigenvalue weighted by molar-refractivity contribution is -0.147. The molecule has 1 aliphatic heterocycles. The summed E-state index contributed by atoms with van der Waals surface area (Å²) in [5, 5.41) is 2.64. The summed E-state index contributed by atoms with van der Waals surface area (Å²) in [6, 6.07) is 5.80. The average molecular weight is 305 g/mol. The number of carbonyl (C=O) groups excluding carboxylic acids is 3. The highest BCUT2D eigenvalue weighted by atomic mass is 32.1. The molecule has 6 nitrogen and oxygen atoms in total. The number of nitrogens with one attached hydrogen (secondary N) is 1. The fraction of sp³-hybridized carbons (Fsp3) is 0.286. The minimum Gasteiger partial charge on any atom is -0.389 e. The maximum absolute atomic E-state index is 12.1. The Labute approximate surface area is 127 Å². The zero-order chi connectivity index (χ0) is 15.6. The van der Waals surface area contributed by atoms with Crippen LogP contribution in [0.5, 0.6) is 0 Å². The molecule has 1 fully saturated rings. The Morgan fingerprint density at radius 2 is 1.86 bits per heavy atom.